The second-order valence-corrected chi connectivity index (χ2v) is 5.05. The van der Waals surface area contributed by atoms with Crippen LogP contribution in [0.2, 0.25) is 0 Å². The van der Waals surface area contributed by atoms with Gasteiger partial charge in [0, 0.05) is 12.5 Å². The quantitative estimate of drug-likeness (QED) is 0.320. The maximum Gasteiger partial charge on any atom is 0.324 e. The average Bonchev–Trinajstić information content (AvgIpc) is 2.81. The lowest BCUT2D eigenvalue weighted by Gasteiger charge is -2.18. The Hall–Kier alpha value is -3.12. The van der Waals surface area contributed by atoms with Gasteiger partial charge in [-0.15, -0.1) is 12.3 Å². The molecule has 9 nitrogen and oxygen atoms in total. The summed E-state index contributed by atoms with van der Waals surface area (Å²) in [7, 11) is 0. The first-order valence-electron chi connectivity index (χ1n) is 7.03. The maximum atomic E-state index is 12.0. The van der Waals surface area contributed by atoms with Crippen LogP contribution in [0.15, 0.2) is 24.3 Å². The number of aliphatic hydroxyl groups is 1. The van der Waals surface area contributed by atoms with Crippen molar-refractivity contribution in [3.05, 3.63) is 34.4 Å². The highest BCUT2D eigenvalue weighted by Gasteiger charge is 2.38. The molecule has 1 aromatic rings. The zero-order valence-electron chi connectivity index (χ0n) is 12.5. The Morgan fingerprint density at radius 3 is 2.83 bits per heavy atom. The van der Waals surface area contributed by atoms with Crippen LogP contribution in [0, 0.1) is 22.5 Å². The van der Waals surface area contributed by atoms with E-state index in [2.05, 4.69) is 11.2 Å². The van der Waals surface area contributed by atoms with Crippen molar-refractivity contribution in [2.45, 2.75) is 18.6 Å². The van der Waals surface area contributed by atoms with E-state index in [4.69, 9.17) is 11.2 Å². The smallest absolute Gasteiger partial charge is 0.324 e. The van der Waals surface area contributed by atoms with Gasteiger partial charge >= 0.3 is 11.7 Å². The Morgan fingerprint density at radius 2 is 2.17 bits per heavy atom. The third-order valence-electron chi connectivity index (χ3n) is 3.32. The summed E-state index contributed by atoms with van der Waals surface area (Å²) in [5.74, 6) is 1.75. The van der Waals surface area contributed by atoms with Crippen molar-refractivity contribution in [2.75, 3.05) is 13.2 Å². The van der Waals surface area contributed by atoms with Crippen LogP contribution in [-0.2, 0) is 4.79 Å². The summed E-state index contributed by atoms with van der Waals surface area (Å²) in [5.41, 5.74) is -0.242. The molecule has 1 saturated heterocycles. The van der Waals surface area contributed by atoms with Gasteiger partial charge in [-0.3, -0.25) is 19.8 Å². The molecule has 0 radical (unpaired) electrons. The van der Waals surface area contributed by atoms with Crippen molar-refractivity contribution >= 4 is 17.6 Å². The molecule has 24 heavy (non-hydrogen) atoms. The van der Waals surface area contributed by atoms with Gasteiger partial charge in [0.1, 0.15) is 18.8 Å². The first-order valence-corrected chi connectivity index (χ1v) is 7.03. The SMILES string of the molecule is C#CC[C@H]1NC(=O)N(C[C@H](O)COc2ccccc2[N+](=O)[O-])C1=O. The molecule has 0 aliphatic carbocycles. The number of nitrogens with zero attached hydrogens (tertiary/aromatic N) is 2. The Labute approximate surface area is 137 Å². The van der Waals surface area contributed by atoms with Crippen LogP contribution in [-0.4, -0.2) is 52.2 Å². The molecule has 0 bridgehead atoms. The molecule has 0 unspecified atom stereocenters. The Bertz CT molecular complexity index is 699. The van der Waals surface area contributed by atoms with Crippen LogP contribution in [0.1, 0.15) is 6.42 Å². The van der Waals surface area contributed by atoms with Crippen molar-refractivity contribution in [3.8, 4) is 18.1 Å². The molecule has 1 heterocycles. The number of β-amino-alcohol motifs (C(OH)–C–C–N with tert-alkyl or cyclic N) is 1. The predicted octanol–water partition coefficient (Wildman–Crippen LogP) is 0.278. The molecule has 1 aliphatic rings. The molecule has 0 spiro atoms. The van der Waals surface area contributed by atoms with Gasteiger partial charge in [-0.1, -0.05) is 12.1 Å². The lowest BCUT2D eigenvalue weighted by atomic mass is 10.2. The number of nitro benzene ring substituents is 1. The molecule has 1 aromatic carbocycles. The van der Waals surface area contributed by atoms with E-state index in [-0.39, 0.29) is 31.0 Å². The van der Waals surface area contributed by atoms with E-state index in [1.807, 2.05) is 0 Å². The molecule has 2 atom stereocenters. The van der Waals surface area contributed by atoms with E-state index in [1.165, 1.54) is 18.2 Å². The summed E-state index contributed by atoms with van der Waals surface area (Å²) in [6.07, 6.45) is 3.97. The van der Waals surface area contributed by atoms with Crippen LogP contribution >= 0.6 is 0 Å². The van der Waals surface area contributed by atoms with Crippen LogP contribution in [0.25, 0.3) is 0 Å². The van der Waals surface area contributed by atoms with Crippen LogP contribution in [0.3, 0.4) is 0 Å². The number of hydrogen-bond acceptors (Lipinski definition) is 6. The normalized spacial score (nSPS) is 18.0. The molecular weight excluding hydrogens is 318 g/mol. The summed E-state index contributed by atoms with van der Waals surface area (Å²) in [6.45, 7) is -0.617. The number of nitrogens with one attached hydrogen (secondary N) is 1. The van der Waals surface area contributed by atoms with Gasteiger partial charge in [0.25, 0.3) is 5.91 Å². The van der Waals surface area contributed by atoms with Gasteiger partial charge < -0.3 is 15.2 Å². The van der Waals surface area contributed by atoms with E-state index in [9.17, 15) is 24.8 Å². The minimum Gasteiger partial charge on any atom is -0.484 e. The number of aliphatic hydroxyl groups excluding tert-OH is 1. The molecule has 1 aliphatic heterocycles. The van der Waals surface area contributed by atoms with E-state index >= 15 is 0 Å². The molecule has 1 fully saturated rings. The predicted molar refractivity (Wildman–Crippen MR) is 82.1 cm³/mol. The van der Waals surface area contributed by atoms with Crippen molar-refractivity contribution < 1.29 is 24.4 Å². The van der Waals surface area contributed by atoms with Gasteiger partial charge in [0.2, 0.25) is 0 Å². The van der Waals surface area contributed by atoms with Crippen molar-refractivity contribution in [2.24, 2.45) is 0 Å². The van der Waals surface area contributed by atoms with E-state index in [0.717, 1.165) is 4.90 Å². The van der Waals surface area contributed by atoms with Gasteiger partial charge in [-0.2, -0.15) is 0 Å². The number of ether oxygens (including phenoxy) is 1. The molecule has 9 heteroatoms. The summed E-state index contributed by atoms with van der Waals surface area (Å²) >= 11 is 0. The lowest BCUT2D eigenvalue weighted by molar-refractivity contribution is -0.385. The van der Waals surface area contributed by atoms with Crippen molar-refractivity contribution in [1.29, 1.82) is 0 Å². The first kappa shape index (κ1) is 17.2. The monoisotopic (exact) mass is 333 g/mol. The van der Waals surface area contributed by atoms with Crippen LogP contribution in [0.4, 0.5) is 10.5 Å². The fraction of sp³-hybridized carbons (Fsp3) is 0.333. The fourth-order valence-corrected chi connectivity index (χ4v) is 2.19. The highest BCUT2D eigenvalue weighted by Crippen LogP contribution is 2.25. The zero-order chi connectivity index (χ0) is 17.7. The van der Waals surface area contributed by atoms with Gasteiger partial charge in [-0.05, 0) is 6.07 Å². The third-order valence-corrected chi connectivity index (χ3v) is 3.32. The van der Waals surface area contributed by atoms with E-state index in [1.54, 1.807) is 6.07 Å². The summed E-state index contributed by atoms with van der Waals surface area (Å²) in [6, 6.07) is 4.25. The number of para-hydroxylation sites is 2. The minimum atomic E-state index is -1.20. The number of benzene rings is 1. The standard InChI is InChI=1S/C15H15N3O6/c1-2-5-11-14(20)17(15(21)16-11)8-10(19)9-24-13-7-4-3-6-12(13)18(22)23/h1,3-4,6-7,10-11,19H,5,8-9H2,(H,16,21)/t10-,11+/m0/s1. The number of nitro groups is 1. The van der Waals surface area contributed by atoms with Crippen LogP contribution in [0.5, 0.6) is 5.75 Å². The number of rotatable bonds is 7. The molecule has 0 aromatic heterocycles. The summed E-state index contributed by atoms with van der Waals surface area (Å²) in [5, 5.41) is 23.2. The van der Waals surface area contributed by atoms with E-state index < -0.39 is 29.0 Å². The number of hydrogen-bond donors (Lipinski definition) is 2. The Balaban J connectivity index is 1.94. The first-order chi connectivity index (χ1) is 11.4. The Morgan fingerprint density at radius 1 is 1.46 bits per heavy atom. The largest absolute Gasteiger partial charge is 0.484 e. The number of urea groups is 1. The highest BCUT2D eigenvalue weighted by atomic mass is 16.6. The average molecular weight is 333 g/mol. The molecule has 126 valence electrons. The highest BCUT2D eigenvalue weighted by molar-refractivity contribution is 6.04. The summed E-state index contributed by atoms with van der Waals surface area (Å²) in [4.78, 5) is 34.8. The van der Waals surface area contributed by atoms with E-state index in [0.29, 0.717) is 0 Å². The minimum absolute atomic E-state index is 0.0102. The maximum absolute atomic E-state index is 12.0. The summed E-state index contributed by atoms with van der Waals surface area (Å²) < 4.78 is 5.22. The zero-order valence-corrected chi connectivity index (χ0v) is 12.5. The Kier molecular flexibility index (Phi) is 5.34. The molecule has 2 N–H and O–H groups in total. The molecular formula is C15H15N3O6. The second kappa shape index (κ2) is 7.43. The number of imide groups is 1. The molecule has 2 rings (SSSR count). The second-order valence-electron chi connectivity index (χ2n) is 5.05. The molecule has 0 saturated carbocycles. The number of carbonyl (C=O) groups is 2. The number of carbonyl (C=O) groups excluding carboxylic acids is 2. The number of terminal acetylenes is 1. The topological polar surface area (TPSA) is 122 Å². The van der Waals surface area contributed by atoms with Crippen molar-refractivity contribution in [1.82, 2.24) is 10.2 Å². The van der Waals surface area contributed by atoms with Crippen molar-refractivity contribution in [3.63, 3.8) is 0 Å². The number of amides is 3. The van der Waals surface area contributed by atoms with Crippen LogP contribution < -0.4 is 10.1 Å². The van der Waals surface area contributed by atoms with Gasteiger partial charge in [-0.25, -0.2) is 4.79 Å². The van der Waals surface area contributed by atoms with Gasteiger partial charge in [0.05, 0.1) is 11.5 Å². The van der Waals surface area contributed by atoms with Gasteiger partial charge in [0.15, 0.2) is 5.75 Å². The molecule has 3 amide bonds. The fourth-order valence-electron chi connectivity index (χ4n) is 2.19. The lowest BCUT2D eigenvalue weighted by Crippen LogP contribution is -2.40. The third kappa shape index (κ3) is 3.80.